The summed E-state index contributed by atoms with van der Waals surface area (Å²) in [5.74, 6) is 0.890. The average molecular weight is 349 g/mol. The Balaban J connectivity index is 1.37. The highest BCUT2D eigenvalue weighted by Crippen LogP contribution is 2.26. The molecule has 1 fully saturated rings. The van der Waals surface area contributed by atoms with Crippen LogP contribution in [0.1, 0.15) is 6.42 Å². The maximum Gasteiger partial charge on any atom is 0.223 e. The highest BCUT2D eigenvalue weighted by molar-refractivity contribution is 5.59. The average Bonchev–Trinajstić information content (AvgIpc) is 3.16. The van der Waals surface area contributed by atoms with Gasteiger partial charge in [-0.15, -0.1) is 0 Å². The molecule has 0 amide bonds. The summed E-state index contributed by atoms with van der Waals surface area (Å²) in [5.41, 5.74) is 2.56. The van der Waals surface area contributed by atoms with Gasteiger partial charge in [0.25, 0.3) is 0 Å². The van der Waals surface area contributed by atoms with E-state index >= 15 is 0 Å². The van der Waals surface area contributed by atoms with Gasteiger partial charge in [-0.1, -0.05) is 12.1 Å². The molecule has 1 saturated heterocycles. The molecule has 1 aliphatic heterocycles. The van der Waals surface area contributed by atoms with Crippen LogP contribution in [-0.2, 0) is 0 Å². The minimum atomic E-state index is -0.158. The first-order valence-electron chi connectivity index (χ1n) is 8.76. The number of benzene rings is 1. The minimum Gasteiger partial charge on any atom is -0.369 e. The summed E-state index contributed by atoms with van der Waals surface area (Å²) in [6.45, 7) is 2.47. The van der Waals surface area contributed by atoms with Gasteiger partial charge in [-0.05, 0) is 42.7 Å². The molecule has 26 heavy (non-hydrogen) atoms. The van der Waals surface area contributed by atoms with Crippen LogP contribution in [0.15, 0.2) is 61.1 Å². The number of halogens is 1. The van der Waals surface area contributed by atoms with Crippen LogP contribution >= 0.6 is 0 Å². The van der Waals surface area contributed by atoms with Crippen LogP contribution in [0.2, 0.25) is 0 Å². The highest BCUT2D eigenvalue weighted by Gasteiger charge is 2.24. The number of nitrogens with zero attached hydrogens (tertiary/aromatic N) is 4. The quantitative estimate of drug-likeness (QED) is 0.762. The topological polar surface area (TPSA) is 53.9 Å². The smallest absolute Gasteiger partial charge is 0.223 e. The van der Waals surface area contributed by atoms with Crippen molar-refractivity contribution < 1.29 is 4.39 Å². The Bertz CT molecular complexity index is 871. The molecular formula is C20H20FN5. The zero-order valence-corrected chi connectivity index (χ0v) is 14.3. The molecule has 0 bridgehead atoms. The van der Waals surface area contributed by atoms with E-state index in [1.165, 1.54) is 6.07 Å². The summed E-state index contributed by atoms with van der Waals surface area (Å²) in [6, 6.07) is 12.7. The van der Waals surface area contributed by atoms with Crippen molar-refractivity contribution in [3.63, 3.8) is 0 Å². The zero-order chi connectivity index (χ0) is 17.8. The molecule has 132 valence electrons. The van der Waals surface area contributed by atoms with Gasteiger partial charge in [0.1, 0.15) is 5.82 Å². The summed E-state index contributed by atoms with van der Waals surface area (Å²) in [7, 11) is 0. The molecular weight excluding hydrogens is 329 g/mol. The lowest BCUT2D eigenvalue weighted by molar-refractivity contribution is 0.609. The predicted octanol–water partition coefficient (Wildman–Crippen LogP) is 3.62. The molecule has 2 aromatic heterocycles. The fraction of sp³-hybridized carbons (Fsp3) is 0.250. The lowest BCUT2D eigenvalue weighted by atomic mass is 10.1. The molecule has 4 rings (SSSR count). The number of hydrogen-bond donors (Lipinski definition) is 1. The van der Waals surface area contributed by atoms with Gasteiger partial charge in [0, 0.05) is 43.8 Å². The Kier molecular flexibility index (Phi) is 4.73. The van der Waals surface area contributed by atoms with E-state index in [2.05, 4.69) is 25.2 Å². The van der Waals surface area contributed by atoms with Gasteiger partial charge in [0.05, 0.1) is 11.4 Å². The van der Waals surface area contributed by atoms with E-state index in [0.717, 1.165) is 37.3 Å². The van der Waals surface area contributed by atoms with Gasteiger partial charge in [0.15, 0.2) is 0 Å². The van der Waals surface area contributed by atoms with E-state index < -0.39 is 0 Å². The lowest BCUT2D eigenvalue weighted by Crippen LogP contribution is -2.23. The summed E-state index contributed by atoms with van der Waals surface area (Å²) in [5, 5.41) is 3.33. The SMILES string of the molecule is Fc1ccccc1N1CC[C@H](CNc2nccc(-c3ccncc3)n2)C1. The molecule has 0 saturated carbocycles. The van der Waals surface area contributed by atoms with Gasteiger partial charge in [-0.3, -0.25) is 4.98 Å². The molecule has 1 N–H and O–H groups in total. The van der Waals surface area contributed by atoms with Crippen LogP contribution in [0.25, 0.3) is 11.3 Å². The Labute approximate surface area is 151 Å². The van der Waals surface area contributed by atoms with Crippen LogP contribution in [0.4, 0.5) is 16.0 Å². The van der Waals surface area contributed by atoms with Crippen molar-refractivity contribution in [2.24, 2.45) is 5.92 Å². The molecule has 0 aliphatic carbocycles. The maximum atomic E-state index is 13.9. The van der Waals surface area contributed by atoms with Crippen molar-refractivity contribution in [3.8, 4) is 11.3 Å². The molecule has 3 aromatic rings. The van der Waals surface area contributed by atoms with Crippen molar-refractivity contribution in [1.82, 2.24) is 15.0 Å². The Morgan fingerprint density at radius 2 is 1.92 bits per heavy atom. The largest absolute Gasteiger partial charge is 0.369 e. The zero-order valence-electron chi connectivity index (χ0n) is 14.3. The van der Waals surface area contributed by atoms with Crippen molar-refractivity contribution >= 4 is 11.6 Å². The summed E-state index contributed by atoms with van der Waals surface area (Å²) >= 11 is 0. The number of rotatable bonds is 5. The molecule has 1 aliphatic rings. The van der Waals surface area contributed by atoms with Crippen molar-refractivity contribution in [1.29, 1.82) is 0 Å². The van der Waals surface area contributed by atoms with Crippen LogP contribution in [0, 0.1) is 11.7 Å². The second-order valence-corrected chi connectivity index (χ2v) is 6.43. The number of hydrogen-bond acceptors (Lipinski definition) is 5. The fourth-order valence-electron chi connectivity index (χ4n) is 3.29. The monoisotopic (exact) mass is 349 g/mol. The molecule has 1 aromatic carbocycles. The summed E-state index contributed by atoms with van der Waals surface area (Å²) in [6.07, 6.45) is 6.28. The highest BCUT2D eigenvalue weighted by atomic mass is 19.1. The molecule has 1 atom stereocenters. The standard InChI is InChI=1S/C20H20FN5/c21-17-3-1-2-4-19(17)26-12-8-15(14-26)13-24-20-23-11-7-18(25-20)16-5-9-22-10-6-16/h1-7,9-11,15H,8,12-14H2,(H,23,24,25)/t15-/m1/s1. The summed E-state index contributed by atoms with van der Waals surface area (Å²) < 4.78 is 13.9. The number of anilines is 2. The van der Waals surface area contributed by atoms with E-state index in [0.29, 0.717) is 17.6 Å². The summed E-state index contributed by atoms with van der Waals surface area (Å²) in [4.78, 5) is 15.0. The van der Waals surface area contributed by atoms with Crippen LogP contribution in [0.3, 0.4) is 0 Å². The van der Waals surface area contributed by atoms with Crippen LogP contribution in [0.5, 0.6) is 0 Å². The number of para-hydroxylation sites is 1. The first-order chi connectivity index (χ1) is 12.8. The van der Waals surface area contributed by atoms with Crippen molar-refractivity contribution in [2.45, 2.75) is 6.42 Å². The molecule has 5 nitrogen and oxygen atoms in total. The second-order valence-electron chi connectivity index (χ2n) is 6.43. The fourth-order valence-corrected chi connectivity index (χ4v) is 3.29. The lowest BCUT2D eigenvalue weighted by Gasteiger charge is -2.19. The first-order valence-corrected chi connectivity index (χ1v) is 8.76. The number of pyridine rings is 1. The van der Waals surface area contributed by atoms with E-state index in [-0.39, 0.29) is 5.82 Å². The Hall–Kier alpha value is -3.02. The molecule has 0 radical (unpaired) electrons. The van der Waals surface area contributed by atoms with Gasteiger partial charge in [-0.2, -0.15) is 0 Å². The third-order valence-electron chi connectivity index (χ3n) is 4.66. The van der Waals surface area contributed by atoms with Gasteiger partial charge in [-0.25, -0.2) is 14.4 Å². The van der Waals surface area contributed by atoms with Gasteiger partial charge >= 0.3 is 0 Å². The third-order valence-corrected chi connectivity index (χ3v) is 4.66. The normalized spacial score (nSPS) is 16.7. The second kappa shape index (κ2) is 7.47. The first kappa shape index (κ1) is 16.4. The van der Waals surface area contributed by atoms with E-state index in [1.807, 2.05) is 30.3 Å². The van der Waals surface area contributed by atoms with Crippen LogP contribution < -0.4 is 10.2 Å². The van der Waals surface area contributed by atoms with Crippen LogP contribution in [-0.4, -0.2) is 34.6 Å². The molecule has 0 spiro atoms. The van der Waals surface area contributed by atoms with E-state index in [1.54, 1.807) is 24.7 Å². The number of nitrogens with one attached hydrogen (secondary N) is 1. The molecule has 6 heteroatoms. The Morgan fingerprint density at radius 1 is 1.08 bits per heavy atom. The Morgan fingerprint density at radius 3 is 2.77 bits per heavy atom. The van der Waals surface area contributed by atoms with E-state index in [4.69, 9.17) is 0 Å². The minimum absolute atomic E-state index is 0.158. The predicted molar refractivity (Wildman–Crippen MR) is 100 cm³/mol. The molecule has 0 unspecified atom stereocenters. The molecule has 3 heterocycles. The third kappa shape index (κ3) is 3.64. The van der Waals surface area contributed by atoms with Gasteiger partial charge < -0.3 is 10.2 Å². The van der Waals surface area contributed by atoms with Gasteiger partial charge in [0.2, 0.25) is 5.95 Å². The maximum absolute atomic E-state index is 13.9. The van der Waals surface area contributed by atoms with Crippen molar-refractivity contribution in [2.75, 3.05) is 29.9 Å². The van der Waals surface area contributed by atoms with E-state index in [9.17, 15) is 4.39 Å². The number of aromatic nitrogens is 3. The van der Waals surface area contributed by atoms with Crippen molar-refractivity contribution in [3.05, 3.63) is 66.9 Å².